The van der Waals surface area contributed by atoms with Gasteiger partial charge in [-0.1, -0.05) is 22.0 Å². The first-order chi connectivity index (χ1) is 6.77. The molecule has 0 unspecified atom stereocenters. The lowest BCUT2D eigenvalue weighted by atomic mass is 10.2. The number of halogens is 1. The number of benzene rings is 1. The van der Waals surface area contributed by atoms with E-state index in [4.69, 9.17) is 9.84 Å². The van der Waals surface area contributed by atoms with E-state index in [1.165, 1.54) is 0 Å². The summed E-state index contributed by atoms with van der Waals surface area (Å²) in [6.45, 7) is 0.810. The van der Waals surface area contributed by atoms with Crippen molar-refractivity contribution in [2.45, 2.75) is 11.5 Å². The van der Waals surface area contributed by atoms with Crippen LogP contribution in [0.2, 0.25) is 0 Å². The van der Waals surface area contributed by atoms with Crippen LogP contribution >= 0.6 is 27.7 Å². The molecule has 4 heteroatoms. The first-order valence-corrected chi connectivity index (χ1v) is 6.07. The van der Waals surface area contributed by atoms with Crippen molar-refractivity contribution in [3.63, 3.8) is 0 Å². The summed E-state index contributed by atoms with van der Waals surface area (Å²) in [5.41, 5.74) is 0.967. The highest BCUT2D eigenvalue weighted by molar-refractivity contribution is 9.10. The van der Waals surface area contributed by atoms with Crippen molar-refractivity contribution < 1.29 is 9.84 Å². The monoisotopic (exact) mass is 276 g/mol. The quantitative estimate of drug-likeness (QED) is 0.663. The van der Waals surface area contributed by atoms with Gasteiger partial charge in [0.2, 0.25) is 0 Å². The zero-order valence-corrected chi connectivity index (χ0v) is 10.4. The molecule has 0 saturated heterocycles. The van der Waals surface area contributed by atoms with Gasteiger partial charge in [-0.2, -0.15) is 0 Å². The Morgan fingerprint density at radius 1 is 1.50 bits per heavy atom. The molecule has 1 aromatic carbocycles. The van der Waals surface area contributed by atoms with Gasteiger partial charge in [0.25, 0.3) is 0 Å². The Hall–Kier alpha value is -0.0300. The molecule has 0 bridgehead atoms. The second-order valence-electron chi connectivity index (χ2n) is 2.75. The highest BCUT2D eigenvalue weighted by Crippen LogP contribution is 2.26. The van der Waals surface area contributed by atoms with Crippen LogP contribution in [-0.4, -0.2) is 24.6 Å². The molecule has 0 amide bonds. The van der Waals surface area contributed by atoms with Gasteiger partial charge in [-0.3, -0.25) is 0 Å². The van der Waals surface area contributed by atoms with E-state index in [9.17, 15) is 0 Å². The van der Waals surface area contributed by atoms with Crippen LogP contribution in [0.4, 0.5) is 0 Å². The normalized spacial score (nSPS) is 10.5. The maximum Gasteiger partial charge on any atom is 0.0692 e. The molecule has 1 N–H and O–H groups in total. The third kappa shape index (κ3) is 3.61. The summed E-state index contributed by atoms with van der Waals surface area (Å²) in [5, 5.41) is 9.11. The van der Waals surface area contributed by atoms with Crippen molar-refractivity contribution >= 4 is 27.7 Å². The summed E-state index contributed by atoms with van der Waals surface area (Å²) in [6.07, 6.45) is 0. The molecule has 0 aliphatic carbocycles. The fourth-order valence-electron chi connectivity index (χ4n) is 1.03. The third-order valence-corrected chi connectivity index (χ3v) is 3.30. The van der Waals surface area contributed by atoms with Gasteiger partial charge in [0.15, 0.2) is 0 Å². The lowest BCUT2D eigenvalue weighted by Crippen LogP contribution is -1.93. The largest absolute Gasteiger partial charge is 0.392 e. The molecule has 0 saturated carbocycles. The molecule has 0 aliphatic rings. The number of methoxy groups -OCH3 is 1. The van der Waals surface area contributed by atoms with Gasteiger partial charge < -0.3 is 9.84 Å². The zero-order chi connectivity index (χ0) is 10.4. The van der Waals surface area contributed by atoms with Crippen molar-refractivity contribution in [3.8, 4) is 0 Å². The summed E-state index contributed by atoms with van der Waals surface area (Å²) in [4.78, 5) is 1.11. The minimum Gasteiger partial charge on any atom is -0.392 e. The van der Waals surface area contributed by atoms with E-state index in [0.29, 0.717) is 0 Å². The molecule has 0 fully saturated rings. The molecule has 1 rings (SSSR count). The molecule has 0 radical (unpaired) electrons. The maximum atomic E-state index is 9.11. The Labute approximate surface area is 96.8 Å². The molecule has 2 nitrogen and oxygen atoms in total. The van der Waals surface area contributed by atoms with Crippen LogP contribution in [0.15, 0.2) is 27.6 Å². The van der Waals surface area contributed by atoms with Crippen molar-refractivity contribution in [3.05, 3.63) is 28.2 Å². The minimum absolute atomic E-state index is 0.0859. The maximum absolute atomic E-state index is 9.11. The number of hydrogen-bond acceptors (Lipinski definition) is 3. The average molecular weight is 277 g/mol. The molecular formula is C10H13BrO2S. The van der Waals surface area contributed by atoms with Crippen LogP contribution in [0.3, 0.4) is 0 Å². The number of ether oxygens (including phenoxy) is 1. The smallest absolute Gasteiger partial charge is 0.0692 e. The van der Waals surface area contributed by atoms with Gasteiger partial charge >= 0.3 is 0 Å². The molecule has 0 aromatic heterocycles. The van der Waals surface area contributed by atoms with Gasteiger partial charge in [0.05, 0.1) is 13.2 Å². The van der Waals surface area contributed by atoms with E-state index < -0.39 is 0 Å². The molecule has 0 aliphatic heterocycles. The molecule has 0 spiro atoms. The van der Waals surface area contributed by atoms with E-state index in [0.717, 1.165) is 27.3 Å². The highest BCUT2D eigenvalue weighted by atomic mass is 79.9. The second kappa shape index (κ2) is 6.45. The Morgan fingerprint density at radius 2 is 2.29 bits per heavy atom. The standard InChI is InChI=1S/C10H13BrO2S/c1-13-4-5-14-10-6-9(11)3-2-8(10)7-12/h2-3,6,12H,4-5,7H2,1H3. The Balaban J connectivity index is 2.67. The van der Waals surface area contributed by atoms with Crippen molar-refractivity contribution in [2.75, 3.05) is 19.5 Å². The summed E-state index contributed by atoms with van der Waals surface area (Å²) in [7, 11) is 1.69. The molecule has 1 aromatic rings. The van der Waals surface area contributed by atoms with Crippen LogP contribution in [0.5, 0.6) is 0 Å². The van der Waals surface area contributed by atoms with Crippen LogP contribution in [-0.2, 0) is 11.3 Å². The summed E-state index contributed by atoms with van der Waals surface area (Å²) in [5.74, 6) is 0.903. The zero-order valence-electron chi connectivity index (χ0n) is 8.00. The molecular weight excluding hydrogens is 264 g/mol. The van der Waals surface area contributed by atoms with Crippen LogP contribution < -0.4 is 0 Å². The van der Waals surface area contributed by atoms with E-state index in [2.05, 4.69) is 15.9 Å². The molecule has 78 valence electrons. The third-order valence-electron chi connectivity index (χ3n) is 1.74. The van der Waals surface area contributed by atoms with E-state index in [1.807, 2.05) is 18.2 Å². The highest BCUT2D eigenvalue weighted by Gasteiger charge is 2.02. The van der Waals surface area contributed by atoms with E-state index in [-0.39, 0.29) is 6.61 Å². The van der Waals surface area contributed by atoms with Gasteiger partial charge in [-0.05, 0) is 17.7 Å². The van der Waals surface area contributed by atoms with E-state index in [1.54, 1.807) is 18.9 Å². The Kier molecular flexibility index (Phi) is 5.55. The lowest BCUT2D eigenvalue weighted by molar-refractivity contribution is 0.218. The first-order valence-electron chi connectivity index (χ1n) is 4.29. The fourth-order valence-corrected chi connectivity index (χ4v) is 2.54. The summed E-state index contributed by atoms with van der Waals surface area (Å²) < 4.78 is 6.01. The van der Waals surface area contributed by atoms with Gasteiger partial charge in [-0.15, -0.1) is 11.8 Å². The predicted octanol–water partition coefficient (Wildman–Crippen LogP) is 2.68. The number of aliphatic hydroxyl groups is 1. The van der Waals surface area contributed by atoms with Crippen LogP contribution in [0.1, 0.15) is 5.56 Å². The molecule has 0 heterocycles. The van der Waals surface area contributed by atoms with Crippen LogP contribution in [0, 0.1) is 0 Å². The van der Waals surface area contributed by atoms with Crippen molar-refractivity contribution in [1.29, 1.82) is 0 Å². The van der Waals surface area contributed by atoms with Gasteiger partial charge in [0, 0.05) is 22.2 Å². The average Bonchev–Trinajstić information content (AvgIpc) is 2.19. The summed E-state index contributed by atoms with van der Waals surface area (Å²) in [6, 6.07) is 5.89. The first kappa shape index (κ1) is 12.0. The number of thioether (sulfide) groups is 1. The van der Waals surface area contributed by atoms with Gasteiger partial charge in [0.1, 0.15) is 0 Å². The van der Waals surface area contributed by atoms with Crippen LogP contribution in [0.25, 0.3) is 0 Å². The van der Waals surface area contributed by atoms with Gasteiger partial charge in [-0.25, -0.2) is 0 Å². The predicted molar refractivity (Wildman–Crippen MR) is 62.7 cm³/mol. The second-order valence-corrected chi connectivity index (χ2v) is 4.80. The topological polar surface area (TPSA) is 29.5 Å². The molecule has 0 atom stereocenters. The van der Waals surface area contributed by atoms with E-state index >= 15 is 0 Å². The Bertz CT molecular complexity index is 291. The number of aliphatic hydroxyl groups excluding tert-OH is 1. The minimum atomic E-state index is 0.0859. The Morgan fingerprint density at radius 3 is 2.93 bits per heavy atom. The summed E-state index contributed by atoms with van der Waals surface area (Å²) >= 11 is 5.10. The fraction of sp³-hybridized carbons (Fsp3) is 0.400. The molecule has 14 heavy (non-hydrogen) atoms. The SMILES string of the molecule is COCCSc1cc(Br)ccc1CO. The van der Waals surface area contributed by atoms with Crippen molar-refractivity contribution in [1.82, 2.24) is 0 Å². The lowest BCUT2D eigenvalue weighted by Gasteiger charge is -2.07. The number of hydrogen-bond donors (Lipinski definition) is 1. The van der Waals surface area contributed by atoms with Crippen molar-refractivity contribution in [2.24, 2.45) is 0 Å². The number of rotatable bonds is 5.